The molecule has 0 aliphatic heterocycles. The Labute approximate surface area is 115 Å². The Morgan fingerprint density at radius 3 is 2.42 bits per heavy atom. The fourth-order valence-electron chi connectivity index (χ4n) is 1.89. The largest absolute Gasteiger partial charge is 0.383 e. The van der Waals surface area contributed by atoms with Crippen LogP contribution in [0.25, 0.3) is 0 Å². The lowest BCUT2D eigenvalue weighted by atomic mass is 9.92. The Morgan fingerprint density at radius 1 is 1.37 bits per heavy atom. The number of carbonyl (C=O) groups is 1. The second-order valence-corrected chi connectivity index (χ2v) is 5.23. The van der Waals surface area contributed by atoms with Crippen molar-refractivity contribution in [3.8, 4) is 0 Å². The average Bonchev–Trinajstić information content (AvgIpc) is 2.38. The molecule has 0 saturated carbocycles. The maximum absolute atomic E-state index is 11.9. The predicted molar refractivity (Wildman–Crippen MR) is 76.8 cm³/mol. The lowest BCUT2D eigenvalue weighted by Crippen LogP contribution is -2.50. The van der Waals surface area contributed by atoms with Gasteiger partial charge in [0.25, 0.3) is 0 Å². The van der Waals surface area contributed by atoms with Gasteiger partial charge in [0.2, 0.25) is 5.91 Å². The number of hydrogen-bond acceptors (Lipinski definition) is 3. The van der Waals surface area contributed by atoms with Crippen molar-refractivity contribution in [3.63, 3.8) is 0 Å². The molecule has 0 aliphatic rings. The summed E-state index contributed by atoms with van der Waals surface area (Å²) >= 11 is 0. The maximum Gasteiger partial charge on any atom is 0.239 e. The summed E-state index contributed by atoms with van der Waals surface area (Å²) < 4.78 is 4.89. The minimum absolute atomic E-state index is 0.202. The molecule has 1 aromatic carbocycles. The first kappa shape index (κ1) is 15.7. The van der Waals surface area contributed by atoms with Crippen LogP contribution in [0.2, 0.25) is 0 Å². The van der Waals surface area contributed by atoms with Crippen molar-refractivity contribution in [2.24, 2.45) is 5.73 Å². The molecule has 1 aromatic rings. The number of benzene rings is 1. The summed E-state index contributed by atoms with van der Waals surface area (Å²) in [5.41, 5.74) is 7.61. The van der Waals surface area contributed by atoms with Gasteiger partial charge in [0.15, 0.2) is 0 Å². The highest BCUT2D eigenvalue weighted by Crippen LogP contribution is 2.20. The fraction of sp³-hybridized carbons (Fsp3) is 0.533. The standard InChI is InChI=1S/C15H24N2O2/c1-5-11-6-8-12(9-7-11)15(2,3)17-14(18)13(16)10-19-4/h6-9,13H,5,10,16H2,1-4H3,(H,17,18). The first-order chi connectivity index (χ1) is 8.90. The quantitative estimate of drug-likeness (QED) is 0.820. The van der Waals surface area contributed by atoms with Crippen LogP contribution in [-0.4, -0.2) is 25.7 Å². The molecular formula is C15H24N2O2. The van der Waals surface area contributed by atoms with Crippen LogP contribution in [0.1, 0.15) is 31.9 Å². The molecule has 0 bridgehead atoms. The molecule has 1 atom stereocenters. The van der Waals surface area contributed by atoms with Crippen molar-refractivity contribution in [1.82, 2.24) is 5.32 Å². The summed E-state index contributed by atoms with van der Waals surface area (Å²) in [7, 11) is 1.53. The van der Waals surface area contributed by atoms with Crippen LogP contribution in [0, 0.1) is 0 Å². The monoisotopic (exact) mass is 264 g/mol. The highest BCUT2D eigenvalue weighted by molar-refractivity contribution is 5.82. The highest BCUT2D eigenvalue weighted by Gasteiger charge is 2.25. The highest BCUT2D eigenvalue weighted by atomic mass is 16.5. The fourth-order valence-corrected chi connectivity index (χ4v) is 1.89. The molecule has 1 unspecified atom stereocenters. The van der Waals surface area contributed by atoms with Crippen LogP contribution in [0.5, 0.6) is 0 Å². The van der Waals surface area contributed by atoms with Crippen molar-refractivity contribution < 1.29 is 9.53 Å². The van der Waals surface area contributed by atoms with E-state index in [9.17, 15) is 4.79 Å². The Morgan fingerprint density at radius 2 is 1.95 bits per heavy atom. The molecule has 0 aliphatic carbocycles. The van der Waals surface area contributed by atoms with Gasteiger partial charge in [-0.3, -0.25) is 4.79 Å². The third-order valence-corrected chi connectivity index (χ3v) is 3.20. The Bertz CT molecular complexity index is 413. The van der Waals surface area contributed by atoms with E-state index in [4.69, 9.17) is 10.5 Å². The van der Waals surface area contributed by atoms with Crippen LogP contribution in [-0.2, 0) is 21.5 Å². The van der Waals surface area contributed by atoms with Gasteiger partial charge in [-0.05, 0) is 31.4 Å². The van der Waals surface area contributed by atoms with E-state index in [1.807, 2.05) is 26.0 Å². The zero-order valence-corrected chi connectivity index (χ0v) is 12.2. The van der Waals surface area contributed by atoms with Gasteiger partial charge in [0, 0.05) is 7.11 Å². The summed E-state index contributed by atoms with van der Waals surface area (Å²) in [6.07, 6.45) is 1.01. The molecule has 3 N–H and O–H groups in total. The van der Waals surface area contributed by atoms with E-state index in [1.165, 1.54) is 12.7 Å². The predicted octanol–water partition coefficient (Wildman–Crippen LogP) is 1.57. The van der Waals surface area contributed by atoms with Gasteiger partial charge in [-0.15, -0.1) is 0 Å². The summed E-state index contributed by atoms with van der Waals surface area (Å²) in [6, 6.07) is 7.61. The lowest BCUT2D eigenvalue weighted by Gasteiger charge is -2.28. The molecule has 4 heteroatoms. The van der Waals surface area contributed by atoms with E-state index in [-0.39, 0.29) is 12.5 Å². The Kier molecular flexibility index (Phi) is 5.51. The van der Waals surface area contributed by atoms with Gasteiger partial charge >= 0.3 is 0 Å². The van der Waals surface area contributed by atoms with Gasteiger partial charge in [-0.1, -0.05) is 31.2 Å². The Hall–Kier alpha value is -1.39. The second kappa shape index (κ2) is 6.68. The van der Waals surface area contributed by atoms with E-state index in [0.29, 0.717) is 0 Å². The van der Waals surface area contributed by atoms with Crippen LogP contribution in [0.4, 0.5) is 0 Å². The molecule has 0 saturated heterocycles. The number of amides is 1. The number of rotatable bonds is 6. The van der Waals surface area contributed by atoms with Crippen molar-refractivity contribution in [3.05, 3.63) is 35.4 Å². The lowest BCUT2D eigenvalue weighted by molar-refractivity contribution is -0.125. The third kappa shape index (κ3) is 4.33. The van der Waals surface area contributed by atoms with E-state index < -0.39 is 11.6 Å². The molecular weight excluding hydrogens is 240 g/mol. The number of methoxy groups -OCH3 is 1. The van der Waals surface area contributed by atoms with Gasteiger partial charge in [-0.25, -0.2) is 0 Å². The van der Waals surface area contributed by atoms with Gasteiger partial charge in [0.1, 0.15) is 6.04 Å². The summed E-state index contributed by atoms with van der Waals surface area (Å²) in [5.74, 6) is -0.202. The van der Waals surface area contributed by atoms with Crippen molar-refractivity contribution in [2.75, 3.05) is 13.7 Å². The molecule has 0 spiro atoms. The summed E-state index contributed by atoms with van der Waals surface area (Å²) in [5, 5.41) is 2.95. The van der Waals surface area contributed by atoms with Crippen molar-refractivity contribution in [1.29, 1.82) is 0 Å². The number of ether oxygens (including phenoxy) is 1. The molecule has 1 amide bonds. The number of nitrogens with one attached hydrogen (secondary N) is 1. The van der Waals surface area contributed by atoms with E-state index in [1.54, 1.807) is 0 Å². The smallest absolute Gasteiger partial charge is 0.239 e. The van der Waals surface area contributed by atoms with Crippen LogP contribution >= 0.6 is 0 Å². The van der Waals surface area contributed by atoms with Gasteiger partial charge in [-0.2, -0.15) is 0 Å². The van der Waals surface area contributed by atoms with Crippen molar-refractivity contribution in [2.45, 2.75) is 38.8 Å². The molecule has 4 nitrogen and oxygen atoms in total. The minimum Gasteiger partial charge on any atom is -0.383 e. The van der Waals surface area contributed by atoms with E-state index in [2.05, 4.69) is 24.4 Å². The zero-order chi connectivity index (χ0) is 14.5. The summed E-state index contributed by atoms with van der Waals surface area (Å²) in [4.78, 5) is 11.9. The molecule has 0 fully saturated rings. The molecule has 0 aromatic heterocycles. The van der Waals surface area contributed by atoms with Crippen molar-refractivity contribution >= 4 is 5.91 Å². The SMILES string of the molecule is CCc1ccc(C(C)(C)NC(=O)C(N)COC)cc1. The van der Waals surface area contributed by atoms with Crippen LogP contribution < -0.4 is 11.1 Å². The molecule has 106 valence electrons. The topological polar surface area (TPSA) is 64.4 Å². The second-order valence-electron chi connectivity index (χ2n) is 5.23. The third-order valence-electron chi connectivity index (χ3n) is 3.20. The number of aryl methyl sites for hydroxylation is 1. The molecule has 0 radical (unpaired) electrons. The first-order valence-electron chi connectivity index (χ1n) is 6.56. The molecule has 19 heavy (non-hydrogen) atoms. The minimum atomic E-state index is -0.640. The van der Waals surface area contributed by atoms with E-state index in [0.717, 1.165) is 12.0 Å². The molecule has 0 heterocycles. The number of carbonyl (C=O) groups excluding carboxylic acids is 1. The zero-order valence-electron chi connectivity index (χ0n) is 12.2. The normalized spacial score (nSPS) is 13.1. The summed E-state index contributed by atoms with van der Waals surface area (Å²) in [6.45, 7) is 6.26. The Balaban J connectivity index is 2.76. The average molecular weight is 264 g/mol. The number of hydrogen-bond donors (Lipinski definition) is 2. The molecule has 1 rings (SSSR count). The number of nitrogens with two attached hydrogens (primary N) is 1. The van der Waals surface area contributed by atoms with Crippen LogP contribution in [0.3, 0.4) is 0 Å². The van der Waals surface area contributed by atoms with Gasteiger partial charge in [0.05, 0.1) is 12.1 Å². The van der Waals surface area contributed by atoms with Gasteiger partial charge < -0.3 is 15.8 Å². The maximum atomic E-state index is 11.9. The first-order valence-corrected chi connectivity index (χ1v) is 6.56. The van der Waals surface area contributed by atoms with Crippen LogP contribution in [0.15, 0.2) is 24.3 Å². The van der Waals surface area contributed by atoms with E-state index >= 15 is 0 Å².